The van der Waals surface area contributed by atoms with Gasteiger partial charge in [-0.3, -0.25) is 9.59 Å². The van der Waals surface area contributed by atoms with Crippen LogP contribution < -0.4 is 11.1 Å². The molecule has 0 bridgehead atoms. The molecule has 23 heavy (non-hydrogen) atoms. The van der Waals surface area contributed by atoms with Crippen molar-refractivity contribution in [1.29, 1.82) is 0 Å². The number of nitrogens with one attached hydrogen (secondary N) is 1. The lowest BCUT2D eigenvalue weighted by Crippen LogP contribution is -2.52. The minimum Gasteiger partial charge on any atom is -0.340 e. The number of piperidine rings is 1. The van der Waals surface area contributed by atoms with Gasteiger partial charge in [-0.25, -0.2) is 0 Å². The Bertz CT molecular complexity index is 583. The lowest BCUT2D eigenvalue weighted by molar-refractivity contribution is -0.134. The molecule has 2 atom stereocenters. The third-order valence-corrected chi connectivity index (χ3v) is 4.50. The third kappa shape index (κ3) is 4.98. The van der Waals surface area contributed by atoms with Gasteiger partial charge in [0.15, 0.2) is 0 Å². The molecule has 8 heteroatoms. The fourth-order valence-electron chi connectivity index (χ4n) is 2.50. The van der Waals surface area contributed by atoms with E-state index >= 15 is 0 Å². The molecular formula is C15H20Cl3N3O2. The molecule has 128 valence electrons. The number of carbonyl (C=O) groups is 2. The average Bonchev–Trinajstić information content (AvgIpc) is 2.49. The quantitative estimate of drug-likeness (QED) is 0.846. The average molecular weight is 381 g/mol. The van der Waals surface area contributed by atoms with Gasteiger partial charge in [0.25, 0.3) is 5.91 Å². The molecule has 0 saturated carbocycles. The second kappa shape index (κ2) is 8.73. The third-order valence-electron chi connectivity index (χ3n) is 3.68. The summed E-state index contributed by atoms with van der Waals surface area (Å²) >= 11 is 11.9. The van der Waals surface area contributed by atoms with Crippen molar-refractivity contribution in [3.05, 3.63) is 33.8 Å². The van der Waals surface area contributed by atoms with Crippen molar-refractivity contribution >= 4 is 47.4 Å². The Hall–Kier alpha value is -1.01. The maximum absolute atomic E-state index is 12.4. The number of amides is 2. The van der Waals surface area contributed by atoms with E-state index in [4.69, 9.17) is 28.9 Å². The zero-order valence-electron chi connectivity index (χ0n) is 12.7. The van der Waals surface area contributed by atoms with Gasteiger partial charge in [-0.2, -0.15) is 0 Å². The maximum atomic E-state index is 12.4. The lowest BCUT2D eigenvalue weighted by atomic mass is 10.1. The molecular weight excluding hydrogens is 361 g/mol. The molecule has 0 spiro atoms. The maximum Gasteiger partial charge on any atom is 0.253 e. The zero-order valence-corrected chi connectivity index (χ0v) is 15.0. The highest BCUT2D eigenvalue weighted by molar-refractivity contribution is 6.43. The summed E-state index contributed by atoms with van der Waals surface area (Å²) < 4.78 is 0. The van der Waals surface area contributed by atoms with Crippen LogP contribution in [0.15, 0.2) is 18.2 Å². The second-order valence-corrected chi connectivity index (χ2v) is 6.27. The smallest absolute Gasteiger partial charge is 0.253 e. The molecule has 5 nitrogen and oxygen atoms in total. The van der Waals surface area contributed by atoms with E-state index in [0.29, 0.717) is 18.1 Å². The Labute approximate surface area is 151 Å². The number of halogens is 3. The Balaban J connectivity index is 0.00000264. The summed E-state index contributed by atoms with van der Waals surface area (Å²) in [5, 5.41) is 3.15. The van der Waals surface area contributed by atoms with E-state index in [1.807, 2.05) is 0 Å². The fraction of sp³-hybridized carbons (Fsp3) is 0.467. The molecule has 2 amide bonds. The SMILES string of the molecule is CC(NC(=O)c1cccc(Cl)c1Cl)C(=O)N1CCCC(N)C1.Cl. The Morgan fingerprint density at radius 3 is 2.74 bits per heavy atom. The van der Waals surface area contributed by atoms with Crippen LogP contribution in [0.25, 0.3) is 0 Å². The number of nitrogens with two attached hydrogens (primary N) is 1. The van der Waals surface area contributed by atoms with Crippen molar-refractivity contribution in [1.82, 2.24) is 10.2 Å². The molecule has 0 aromatic heterocycles. The van der Waals surface area contributed by atoms with E-state index in [9.17, 15) is 9.59 Å². The van der Waals surface area contributed by atoms with Crippen molar-refractivity contribution in [2.75, 3.05) is 13.1 Å². The van der Waals surface area contributed by atoms with E-state index in [1.54, 1.807) is 30.0 Å². The first-order valence-electron chi connectivity index (χ1n) is 7.19. The van der Waals surface area contributed by atoms with Crippen LogP contribution in [0.3, 0.4) is 0 Å². The van der Waals surface area contributed by atoms with Gasteiger partial charge >= 0.3 is 0 Å². The summed E-state index contributed by atoms with van der Waals surface area (Å²) in [5.74, 6) is -0.559. The van der Waals surface area contributed by atoms with E-state index in [0.717, 1.165) is 12.8 Å². The predicted octanol–water partition coefficient (Wildman–Crippen LogP) is 2.48. The van der Waals surface area contributed by atoms with Crippen LogP contribution in [-0.2, 0) is 4.79 Å². The van der Waals surface area contributed by atoms with Crippen molar-refractivity contribution in [2.24, 2.45) is 5.73 Å². The molecule has 0 radical (unpaired) electrons. The van der Waals surface area contributed by atoms with Crippen molar-refractivity contribution in [3.8, 4) is 0 Å². The van der Waals surface area contributed by atoms with Crippen LogP contribution >= 0.6 is 35.6 Å². The number of carbonyl (C=O) groups excluding carboxylic acids is 2. The van der Waals surface area contributed by atoms with Crippen LogP contribution in [0.5, 0.6) is 0 Å². The first-order chi connectivity index (χ1) is 10.4. The van der Waals surface area contributed by atoms with Gasteiger partial charge in [0.1, 0.15) is 6.04 Å². The number of nitrogens with zero attached hydrogens (tertiary/aromatic N) is 1. The molecule has 3 N–H and O–H groups in total. The van der Waals surface area contributed by atoms with Crippen molar-refractivity contribution in [2.45, 2.75) is 31.8 Å². The summed E-state index contributed by atoms with van der Waals surface area (Å²) in [6.07, 6.45) is 1.80. The minimum absolute atomic E-state index is 0. The lowest BCUT2D eigenvalue weighted by Gasteiger charge is -2.32. The molecule has 2 rings (SSSR count). The van der Waals surface area contributed by atoms with Crippen LogP contribution in [0, 0.1) is 0 Å². The normalized spacial score (nSPS) is 18.8. The summed E-state index contributed by atoms with van der Waals surface area (Å²) in [6.45, 7) is 2.85. The summed E-state index contributed by atoms with van der Waals surface area (Å²) in [5.41, 5.74) is 6.13. The summed E-state index contributed by atoms with van der Waals surface area (Å²) in [6, 6.07) is 4.16. The summed E-state index contributed by atoms with van der Waals surface area (Å²) in [4.78, 5) is 26.3. The number of hydrogen-bond donors (Lipinski definition) is 2. The highest BCUT2D eigenvalue weighted by Gasteiger charge is 2.26. The van der Waals surface area contributed by atoms with E-state index in [2.05, 4.69) is 5.32 Å². The molecule has 0 aliphatic carbocycles. The number of rotatable bonds is 3. The van der Waals surface area contributed by atoms with E-state index in [1.165, 1.54) is 0 Å². The Morgan fingerprint density at radius 2 is 2.09 bits per heavy atom. The van der Waals surface area contributed by atoms with Gasteiger partial charge in [0.05, 0.1) is 15.6 Å². The van der Waals surface area contributed by atoms with Gasteiger partial charge in [-0.15, -0.1) is 12.4 Å². The monoisotopic (exact) mass is 379 g/mol. The number of likely N-dealkylation sites (tertiary alicyclic amines) is 1. The molecule has 1 aromatic carbocycles. The highest BCUT2D eigenvalue weighted by Crippen LogP contribution is 2.25. The predicted molar refractivity (Wildman–Crippen MR) is 94.4 cm³/mol. The van der Waals surface area contributed by atoms with Crippen LogP contribution in [-0.4, -0.2) is 41.9 Å². The minimum atomic E-state index is -0.646. The second-order valence-electron chi connectivity index (χ2n) is 5.48. The fourth-order valence-corrected chi connectivity index (χ4v) is 2.89. The van der Waals surface area contributed by atoms with Gasteiger partial charge in [-0.05, 0) is 31.9 Å². The first kappa shape index (κ1) is 20.0. The van der Waals surface area contributed by atoms with Gasteiger partial charge in [-0.1, -0.05) is 29.3 Å². The Morgan fingerprint density at radius 1 is 1.39 bits per heavy atom. The summed E-state index contributed by atoms with van der Waals surface area (Å²) in [7, 11) is 0. The van der Waals surface area contributed by atoms with E-state index < -0.39 is 11.9 Å². The van der Waals surface area contributed by atoms with Gasteiger partial charge in [0, 0.05) is 19.1 Å². The van der Waals surface area contributed by atoms with Crippen LogP contribution in [0.1, 0.15) is 30.1 Å². The number of benzene rings is 1. The number of hydrogen-bond acceptors (Lipinski definition) is 3. The van der Waals surface area contributed by atoms with Crippen molar-refractivity contribution in [3.63, 3.8) is 0 Å². The molecule has 1 fully saturated rings. The van der Waals surface area contributed by atoms with Gasteiger partial charge < -0.3 is 16.0 Å². The first-order valence-corrected chi connectivity index (χ1v) is 7.95. The van der Waals surface area contributed by atoms with Crippen LogP contribution in [0.4, 0.5) is 0 Å². The topological polar surface area (TPSA) is 75.4 Å². The van der Waals surface area contributed by atoms with E-state index in [-0.39, 0.29) is 34.9 Å². The zero-order chi connectivity index (χ0) is 16.3. The molecule has 1 aliphatic rings. The molecule has 1 heterocycles. The molecule has 1 aliphatic heterocycles. The van der Waals surface area contributed by atoms with Gasteiger partial charge in [0.2, 0.25) is 5.91 Å². The van der Waals surface area contributed by atoms with Crippen molar-refractivity contribution < 1.29 is 9.59 Å². The largest absolute Gasteiger partial charge is 0.340 e. The molecule has 1 saturated heterocycles. The standard InChI is InChI=1S/C15H19Cl2N3O2.ClH/c1-9(15(22)20-7-3-4-10(18)8-20)19-14(21)11-5-2-6-12(16)13(11)17;/h2,5-6,9-10H,3-4,7-8,18H2,1H3,(H,19,21);1H. The Kier molecular flexibility index (Phi) is 7.61. The molecule has 2 unspecified atom stereocenters. The van der Waals surface area contributed by atoms with Crippen LogP contribution in [0.2, 0.25) is 10.0 Å². The highest BCUT2D eigenvalue weighted by atomic mass is 35.5. The molecule has 1 aromatic rings.